The lowest BCUT2D eigenvalue weighted by Crippen LogP contribution is -2.48. The van der Waals surface area contributed by atoms with E-state index in [0.717, 1.165) is 36.0 Å². The molecule has 0 aliphatic carbocycles. The van der Waals surface area contributed by atoms with E-state index in [1.807, 2.05) is 12.1 Å². The van der Waals surface area contributed by atoms with Crippen LogP contribution in [0.25, 0.3) is 21.9 Å². The molecular weight excluding hydrogens is 320 g/mol. The molecule has 1 saturated heterocycles. The number of nitrogens with one attached hydrogen (secondary N) is 2. The predicted octanol–water partition coefficient (Wildman–Crippen LogP) is 0.900. The van der Waals surface area contributed by atoms with E-state index >= 15 is 0 Å². The summed E-state index contributed by atoms with van der Waals surface area (Å²) in [5, 5.41) is 29.0. The number of nitriles is 1. The molecule has 1 aliphatic rings. The summed E-state index contributed by atoms with van der Waals surface area (Å²) in [6.07, 6.45) is 5.06. The van der Waals surface area contributed by atoms with Gasteiger partial charge in [0.25, 0.3) is 0 Å². The average molecular weight is 336 g/mol. The molecule has 1 unspecified atom stereocenters. The molecule has 2 N–H and O–H groups in total. The Labute approximate surface area is 143 Å². The van der Waals surface area contributed by atoms with E-state index in [-0.39, 0.29) is 18.4 Å². The molecule has 0 spiro atoms. The van der Waals surface area contributed by atoms with Crippen molar-refractivity contribution in [3.8, 4) is 6.07 Å². The lowest BCUT2D eigenvalue weighted by molar-refractivity contribution is -0.120. The Morgan fingerprint density at radius 3 is 3.28 bits per heavy atom. The average Bonchev–Trinajstić information content (AvgIpc) is 3.10. The topological polar surface area (TPSA) is 123 Å². The molecular formula is C16H16N8O. The molecule has 1 fully saturated rings. The van der Waals surface area contributed by atoms with E-state index in [0.29, 0.717) is 17.7 Å². The van der Waals surface area contributed by atoms with E-state index in [2.05, 4.69) is 35.6 Å². The number of piperidine rings is 1. The number of rotatable bonds is 3. The van der Waals surface area contributed by atoms with Gasteiger partial charge in [0, 0.05) is 30.7 Å². The van der Waals surface area contributed by atoms with Crippen LogP contribution in [-0.2, 0) is 4.79 Å². The molecule has 9 heteroatoms. The lowest BCUT2D eigenvalue weighted by Gasteiger charge is -2.34. The molecule has 3 aromatic rings. The number of H-pyrrole nitrogens is 1. The second-order valence-electron chi connectivity index (χ2n) is 6.05. The number of aromatic amines is 1. The van der Waals surface area contributed by atoms with Crippen LogP contribution >= 0.6 is 0 Å². The number of hydrogen-bond donors (Lipinski definition) is 2. The molecule has 1 amide bonds. The van der Waals surface area contributed by atoms with Crippen molar-refractivity contribution < 1.29 is 4.79 Å². The van der Waals surface area contributed by atoms with Crippen molar-refractivity contribution in [2.45, 2.75) is 25.3 Å². The third-order valence-electron chi connectivity index (χ3n) is 4.39. The zero-order chi connectivity index (χ0) is 17.2. The molecule has 9 nitrogen and oxygen atoms in total. The highest BCUT2D eigenvalue weighted by Gasteiger charge is 2.24. The van der Waals surface area contributed by atoms with Crippen molar-refractivity contribution in [3.63, 3.8) is 0 Å². The summed E-state index contributed by atoms with van der Waals surface area (Å²) in [6, 6.07) is 3.80. The van der Waals surface area contributed by atoms with Crippen LogP contribution in [0, 0.1) is 11.3 Å². The Balaban J connectivity index is 1.68. The van der Waals surface area contributed by atoms with Gasteiger partial charge in [0.05, 0.1) is 17.7 Å². The summed E-state index contributed by atoms with van der Waals surface area (Å²) in [6.45, 7) is 1.49. The molecule has 4 rings (SSSR count). The van der Waals surface area contributed by atoms with E-state index in [1.165, 1.54) is 0 Å². The molecule has 25 heavy (non-hydrogen) atoms. The van der Waals surface area contributed by atoms with Gasteiger partial charge in [-0.15, -0.1) is 10.2 Å². The van der Waals surface area contributed by atoms with Crippen LogP contribution in [0.1, 0.15) is 19.3 Å². The van der Waals surface area contributed by atoms with Crippen LogP contribution < -0.4 is 10.2 Å². The molecule has 4 heterocycles. The SMILES string of the molecule is N#CCC(=O)NC1CCCN(c2[nH]ncc3nnc4nccc4c23)C1. The molecule has 0 bridgehead atoms. The first kappa shape index (κ1) is 15.3. The zero-order valence-corrected chi connectivity index (χ0v) is 13.4. The van der Waals surface area contributed by atoms with Crippen molar-refractivity contribution in [1.82, 2.24) is 30.7 Å². The third-order valence-corrected chi connectivity index (χ3v) is 4.39. The third kappa shape index (κ3) is 2.82. The van der Waals surface area contributed by atoms with Gasteiger partial charge in [-0.25, -0.2) is 4.98 Å². The highest BCUT2D eigenvalue weighted by Crippen LogP contribution is 2.30. The molecule has 0 saturated carbocycles. The van der Waals surface area contributed by atoms with Crippen LogP contribution in [0.4, 0.5) is 5.82 Å². The van der Waals surface area contributed by atoms with E-state index in [1.54, 1.807) is 12.4 Å². The number of carbonyl (C=O) groups is 1. The van der Waals surface area contributed by atoms with Crippen LogP contribution in [-0.4, -0.2) is 50.4 Å². The van der Waals surface area contributed by atoms with E-state index < -0.39 is 0 Å². The summed E-state index contributed by atoms with van der Waals surface area (Å²) in [5.74, 6) is 0.618. The van der Waals surface area contributed by atoms with Gasteiger partial charge in [0.2, 0.25) is 5.91 Å². The largest absolute Gasteiger partial charge is 0.354 e. The fourth-order valence-corrected chi connectivity index (χ4v) is 3.32. The fraction of sp³-hybridized carbons (Fsp3) is 0.375. The molecule has 3 aromatic heterocycles. The van der Waals surface area contributed by atoms with Crippen LogP contribution in [0.3, 0.4) is 0 Å². The van der Waals surface area contributed by atoms with Gasteiger partial charge in [-0.1, -0.05) is 0 Å². The predicted molar refractivity (Wildman–Crippen MR) is 90.6 cm³/mol. The van der Waals surface area contributed by atoms with Crippen LogP contribution in [0.15, 0.2) is 18.5 Å². The zero-order valence-electron chi connectivity index (χ0n) is 13.4. The van der Waals surface area contributed by atoms with Gasteiger partial charge in [0.1, 0.15) is 17.8 Å². The Morgan fingerprint density at radius 2 is 2.40 bits per heavy atom. The highest BCUT2D eigenvalue weighted by atomic mass is 16.1. The standard InChI is InChI=1S/C16H16N8O/c17-5-3-13(25)20-10-2-1-7-24(9-10)16-14-11-4-6-18-15(11)22-21-12(14)8-19-23-16/h4,6,8,10,23H,1-3,7,9H2,(H,20,25). The smallest absolute Gasteiger partial charge is 0.234 e. The summed E-state index contributed by atoms with van der Waals surface area (Å²) in [5.41, 5.74) is 1.30. The summed E-state index contributed by atoms with van der Waals surface area (Å²) >= 11 is 0. The Bertz CT molecular complexity index is 975. The number of amides is 1. The van der Waals surface area contributed by atoms with Crippen molar-refractivity contribution in [2.75, 3.05) is 18.0 Å². The maximum absolute atomic E-state index is 11.7. The summed E-state index contributed by atoms with van der Waals surface area (Å²) < 4.78 is 0. The second-order valence-corrected chi connectivity index (χ2v) is 6.05. The van der Waals surface area contributed by atoms with Crippen molar-refractivity contribution >= 4 is 33.7 Å². The highest BCUT2D eigenvalue weighted by molar-refractivity contribution is 6.08. The molecule has 126 valence electrons. The number of hydrogen-bond acceptors (Lipinski definition) is 7. The summed E-state index contributed by atoms with van der Waals surface area (Å²) in [4.78, 5) is 18.1. The minimum Gasteiger partial charge on any atom is -0.354 e. The molecule has 0 radical (unpaired) electrons. The van der Waals surface area contributed by atoms with Gasteiger partial charge in [0.15, 0.2) is 5.65 Å². The van der Waals surface area contributed by atoms with Crippen LogP contribution in [0.2, 0.25) is 0 Å². The first-order valence-electron chi connectivity index (χ1n) is 8.12. The lowest BCUT2D eigenvalue weighted by atomic mass is 10.0. The number of anilines is 1. The fourth-order valence-electron chi connectivity index (χ4n) is 3.32. The van der Waals surface area contributed by atoms with Crippen molar-refractivity contribution in [1.29, 1.82) is 5.26 Å². The van der Waals surface area contributed by atoms with E-state index in [4.69, 9.17) is 5.26 Å². The second kappa shape index (κ2) is 6.32. The number of aromatic nitrogens is 5. The Kier molecular flexibility index (Phi) is 3.85. The first-order valence-corrected chi connectivity index (χ1v) is 8.12. The molecule has 1 atom stereocenters. The van der Waals surface area contributed by atoms with E-state index in [9.17, 15) is 4.79 Å². The minimum atomic E-state index is -0.233. The Morgan fingerprint density at radius 1 is 1.48 bits per heavy atom. The van der Waals surface area contributed by atoms with Crippen molar-refractivity contribution in [2.24, 2.45) is 0 Å². The quantitative estimate of drug-likeness (QED) is 0.728. The summed E-state index contributed by atoms with van der Waals surface area (Å²) in [7, 11) is 0. The number of carbonyl (C=O) groups excluding carboxylic acids is 1. The van der Waals surface area contributed by atoms with Crippen LogP contribution in [0.5, 0.6) is 0 Å². The maximum Gasteiger partial charge on any atom is 0.234 e. The van der Waals surface area contributed by atoms with Gasteiger partial charge < -0.3 is 10.2 Å². The van der Waals surface area contributed by atoms with Gasteiger partial charge in [-0.2, -0.15) is 10.4 Å². The number of nitrogens with zero attached hydrogens (tertiary/aromatic N) is 6. The van der Waals surface area contributed by atoms with Gasteiger partial charge >= 0.3 is 0 Å². The minimum absolute atomic E-state index is 0.00123. The molecule has 0 aromatic carbocycles. The molecule has 1 aliphatic heterocycles. The Hall–Kier alpha value is -3.28. The van der Waals surface area contributed by atoms with Gasteiger partial charge in [-0.3, -0.25) is 9.89 Å². The monoisotopic (exact) mass is 336 g/mol. The first-order chi connectivity index (χ1) is 12.3. The normalized spacial score (nSPS) is 17.6. The maximum atomic E-state index is 11.7. The number of fused-ring (bicyclic) bond motifs is 3. The van der Waals surface area contributed by atoms with Crippen molar-refractivity contribution in [3.05, 3.63) is 18.5 Å². The van der Waals surface area contributed by atoms with Gasteiger partial charge in [-0.05, 0) is 18.9 Å².